The summed E-state index contributed by atoms with van der Waals surface area (Å²) in [5, 5.41) is 17.7. The van der Waals surface area contributed by atoms with Crippen LogP contribution in [-0.2, 0) is 11.2 Å². The largest absolute Gasteiger partial charge is 0.326 e. The van der Waals surface area contributed by atoms with Crippen molar-refractivity contribution in [1.29, 1.82) is 0 Å². The van der Waals surface area contributed by atoms with Crippen molar-refractivity contribution >= 4 is 34.1 Å². The van der Waals surface area contributed by atoms with Gasteiger partial charge in [0.1, 0.15) is 11.0 Å². The van der Waals surface area contributed by atoms with Crippen molar-refractivity contribution in [1.82, 2.24) is 15.5 Å². The van der Waals surface area contributed by atoms with Crippen LogP contribution in [-0.4, -0.2) is 28.2 Å². The fourth-order valence-corrected chi connectivity index (χ4v) is 3.74. The molecule has 0 aliphatic heterocycles. The first-order valence-electron chi connectivity index (χ1n) is 10.4. The normalized spacial score (nSPS) is 12.6. The Kier molecular flexibility index (Phi) is 7.72. The van der Waals surface area contributed by atoms with Crippen LogP contribution in [0.15, 0.2) is 54.6 Å². The number of hydrogen-bond donors (Lipinski definition) is 3. The second-order valence-electron chi connectivity index (χ2n) is 7.28. The van der Waals surface area contributed by atoms with Crippen LogP contribution in [0, 0.1) is 5.92 Å². The molecule has 1 aromatic heterocycles. The molecule has 3 rings (SSSR count). The Bertz CT molecular complexity index is 1000. The highest BCUT2D eigenvalue weighted by Crippen LogP contribution is 2.26. The van der Waals surface area contributed by atoms with Crippen LogP contribution < -0.4 is 16.0 Å². The first kappa shape index (κ1) is 22.4. The molecule has 0 aliphatic rings. The van der Waals surface area contributed by atoms with E-state index in [0.717, 1.165) is 23.4 Å². The van der Waals surface area contributed by atoms with E-state index >= 15 is 0 Å². The van der Waals surface area contributed by atoms with Crippen LogP contribution in [0.5, 0.6) is 0 Å². The highest BCUT2D eigenvalue weighted by atomic mass is 32.1. The molecular formula is C23H27N5O2S. The third kappa shape index (κ3) is 6.11. The highest BCUT2D eigenvalue weighted by Gasteiger charge is 2.27. The molecule has 162 valence electrons. The predicted molar refractivity (Wildman–Crippen MR) is 125 cm³/mol. The lowest BCUT2D eigenvalue weighted by molar-refractivity contribution is -0.119. The number of urea groups is 1. The van der Waals surface area contributed by atoms with Gasteiger partial charge in [-0.1, -0.05) is 81.0 Å². The molecule has 0 saturated carbocycles. The number of amides is 3. The van der Waals surface area contributed by atoms with Crippen LogP contribution in [0.3, 0.4) is 0 Å². The van der Waals surface area contributed by atoms with E-state index in [9.17, 15) is 9.59 Å². The van der Waals surface area contributed by atoms with E-state index in [1.165, 1.54) is 16.9 Å². The SMILES string of the molecule is CCc1ccc(NC(=O)N[C@@H](C(=O)Nc2nnc(-c3ccccc3)s2)[C@H](C)CC)cc1. The third-order valence-corrected chi connectivity index (χ3v) is 5.97. The van der Waals surface area contributed by atoms with Gasteiger partial charge in [-0.3, -0.25) is 10.1 Å². The number of nitrogens with one attached hydrogen (secondary N) is 3. The number of hydrogen-bond acceptors (Lipinski definition) is 5. The van der Waals surface area contributed by atoms with Crippen LogP contribution in [0.4, 0.5) is 15.6 Å². The summed E-state index contributed by atoms with van der Waals surface area (Å²) in [5.74, 6) is -0.378. The standard InChI is InChI=1S/C23H27N5O2S/c1-4-15(3)19(25-22(30)24-18-13-11-16(5-2)12-14-18)20(29)26-23-28-27-21(31-23)17-9-7-6-8-10-17/h6-15,19H,4-5H2,1-3H3,(H2,24,25,30)(H,26,28,29)/t15-,19-/m1/s1. The van der Waals surface area contributed by atoms with Crippen molar-refractivity contribution in [2.75, 3.05) is 10.6 Å². The van der Waals surface area contributed by atoms with E-state index in [-0.39, 0.29) is 11.8 Å². The van der Waals surface area contributed by atoms with Crippen LogP contribution in [0.25, 0.3) is 10.6 Å². The summed E-state index contributed by atoms with van der Waals surface area (Å²) in [7, 11) is 0. The number of benzene rings is 2. The number of nitrogens with zero attached hydrogens (tertiary/aromatic N) is 2. The first-order chi connectivity index (χ1) is 15.0. The van der Waals surface area contributed by atoms with E-state index < -0.39 is 12.1 Å². The van der Waals surface area contributed by atoms with E-state index in [4.69, 9.17) is 0 Å². The monoisotopic (exact) mass is 437 g/mol. The molecule has 3 amide bonds. The van der Waals surface area contributed by atoms with Gasteiger partial charge in [0.05, 0.1) is 0 Å². The minimum absolute atomic E-state index is 0.0604. The van der Waals surface area contributed by atoms with E-state index in [0.29, 0.717) is 10.8 Å². The van der Waals surface area contributed by atoms with Gasteiger partial charge in [-0.05, 0) is 30.0 Å². The Balaban J connectivity index is 1.65. The summed E-state index contributed by atoms with van der Waals surface area (Å²) in [6.07, 6.45) is 1.66. The van der Waals surface area contributed by atoms with Gasteiger partial charge in [0.25, 0.3) is 0 Å². The Hall–Kier alpha value is -3.26. The summed E-state index contributed by atoms with van der Waals surface area (Å²) >= 11 is 1.29. The molecule has 3 N–H and O–H groups in total. The summed E-state index contributed by atoms with van der Waals surface area (Å²) in [6.45, 7) is 5.98. The number of anilines is 2. The molecule has 0 fully saturated rings. The summed E-state index contributed by atoms with van der Waals surface area (Å²) < 4.78 is 0. The Morgan fingerprint density at radius 2 is 1.68 bits per heavy atom. The lowest BCUT2D eigenvalue weighted by atomic mass is 9.98. The maximum absolute atomic E-state index is 12.9. The molecule has 31 heavy (non-hydrogen) atoms. The molecule has 3 aromatic rings. The number of aromatic nitrogens is 2. The van der Waals surface area contributed by atoms with Crippen molar-refractivity contribution in [2.24, 2.45) is 5.92 Å². The van der Waals surface area contributed by atoms with Crippen LogP contribution in [0.1, 0.15) is 32.8 Å². The third-order valence-electron chi connectivity index (χ3n) is 5.08. The number of carbonyl (C=O) groups is 2. The van der Waals surface area contributed by atoms with Gasteiger partial charge in [-0.2, -0.15) is 0 Å². The van der Waals surface area contributed by atoms with Gasteiger partial charge in [-0.15, -0.1) is 10.2 Å². The molecule has 0 bridgehead atoms. The molecule has 2 aromatic carbocycles. The van der Waals surface area contributed by atoms with E-state index in [1.54, 1.807) is 0 Å². The minimum atomic E-state index is -0.705. The molecule has 0 unspecified atom stereocenters. The van der Waals surface area contributed by atoms with Gasteiger partial charge in [0.2, 0.25) is 11.0 Å². The summed E-state index contributed by atoms with van der Waals surface area (Å²) in [6, 6.07) is 16.2. The zero-order chi connectivity index (χ0) is 22.2. The average Bonchev–Trinajstić information content (AvgIpc) is 3.26. The van der Waals surface area contributed by atoms with Gasteiger partial charge < -0.3 is 10.6 Å². The fourth-order valence-electron chi connectivity index (χ4n) is 2.99. The molecule has 0 saturated heterocycles. The quantitative estimate of drug-likeness (QED) is 0.465. The first-order valence-corrected chi connectivity index (χ1v) is 11.2. The summed E-state index contributed by atoms with van der Waals surface area (Å²) in [4.78, 5) is 25.4. The predicted octanol–water partition coefficient (Wildman–Crippen LogP) is 4.94. The lowest BCUT2D eigenvalue weighted by Gasteiger charge is -2.23. The van der Waals surface area contributed by atoms with Crippen molar-refractivity contribution in [3.8, 4) is 10.6 Å². The smallest absolute Gasteiger partial charge is 0.319 e. The topological polar surface area (TPSA) is 96.0 Å². The van der Waals surface area contributed by atoms with Crippen molar-refractivity contribution < 1.29 is 9.59 Å². The molecule has 0 aliphatic carbocycles. The minimum Gasteiger partial charge on any atom is -0.326 e. The van der Waals surface area contributed by atoms with E-state index in [1.807, 2.05) is 68.4 Å². The molecular weight excluding hydrogens is 410 g/mol. The Morgan fingerprint density at radius 1 is 0.968 bits per heavy atom. The van der Waals surface area contributed by atoms with Crippen LogP contribution in [0.2, 0.25) is 0 Å². The highest BCUT2D eigenvalue weighted by molar-refractivity contribution is 7.18. The zero-order valence-electron chi connectivity index (χ0n) is 17.9. The van der Waals surface area contributed by atoms with E-state index in [2.05, 4.69) is 33.1 Å². The molecule has 7 nitrogen and oxygen atoms in total. The second-order valence-corrected chi connectivity index (χ2v) is 8.26. The van der Waals surface area contributed by atoms with Gasteiger partial charge in [0, 0.05) is 11.3 Å². The second kappa shape index (κ2) is 10.7. The molecule has 0 spiro atoms. The number of carbonyl (C=O) groups excluding carboxylic acids is 2. The van der Waals surface area contributed by atoms with Crippen molar-refractivity contribution in [3.05, 3.63) is 60.2 Å². The maximum Gasteiger partial charge on any atom is 0.319 e. The fraction of sp³-hybridized carbons (Fsp3) is 0.304. The van der Waals surface area contributed by atoms with Gasteiger partial charge in [0.15, 0.2) is 0 Å². The molecule has 1 heterocycles. The zero-order valence-corrected chi connectivity index (χ0v) is 18.7. The van der Waals surface area contributed by atoms with Gasteiger partial charge in [-0.25, -0.2) is 4.79 Å². The maximum atomic E-state index is 12.9. The van der Waals surface area contributed by atoms with Crippen molar-refractivity contribution in [2.45, 2.75) is 39.7 Å². The number of rotatable bonds is 8. The van der Waals surface area contributed by atoms with Crippen LogP contribution >= 0.6 is 11.3 Å². The Labute approximate surface area is 186 Å². The average molecular weight is 438 g/mol. The van der Waals surface area contributed by atoms with Crippen molar-refractivity contribution in [3.63, 3.8) is 0 Å². The number of aryl methyl sites for hydroxylation is 1. The summed E-state index contributed by atoms with van der Waals surface area (Å²) in [5.41, 5.74) is 2.80. The molecule has 2 atom stereocenters. The van der Waals surface area contributed by atoms with Gasteiger partial charge >= 0.3 is 6.03 Å². The lowest BCUT2D eigenvalue weighted by Crippen LogP contribution is -2.49. The Morgan fingerprint density at radius 3 is 2.32 bits per heavy atom. The molecule has 8 heteroatoms. The molecule has 0 radical (unpaired) electrons.